The third-order valence-corrected chi connectivity index (χ3v) is 3.59. The Kier molecular flexibility index (Phi) is 6.26. The van der Waals surface area contributed by atoms with Gasteiger partial charge in [-0.25, -0.2) is 0 Å². The van der Waals surface area contributed by atoms with Gasteiger partial charge in [-0.3, -0.25) is 0 Å². The minimum Gasteiger partial charge on any atom is -0.378 e. The van der Waals surface area contributed by atoms with Crippen molar-refractivity contribution in [3.8, 4) is 0 Å². The molecule has 3 unspecified atom stereocenters. The maximum absolute atomic E-state index is 5.81. The van der Waals surface area contributed by atoms with E-state index in [4.69, 9.17) is 4.74 Å². The van der Waals surface area contributed by atoms with Crippen molar-refractivity contribution in [3.63, 3.8) is 0 Å². The highest BCUT2D eigenvalue weighted by Gasteiger charge is 2.22. The zero-order valence-electron chi connectivity index (χ0n) is 10.6. The molecule has 2 heteroatoms. The molecule has 1 heterocycles. The van der Waals surface area contributed by atoms with Gasteiger partial charge in [-0.15, -0.1) is 0 Å². The van der Waals surface area contributed by atoms with Gasteiger partial charge >= 0.3 is 0 Å². The van der Waals surface area contributed by atoms with E-state index < -0.39 is 0 Å². The fourth-order valence-electron chi connectivity index (χ4n) is 2.34. The lowest BCUT2D eigenvalue weighted by Crippen LogP contribution is -2.39. The molecule has 0 aromatic carbocycles. The minimum absolute atomic E-state index is 0.511. The van der Waals surface area contributed by atoms with Crippen molar-refractivity contribution in [3.05, 3.63) is 0 Å². The average Bonchev–Trinajstić information content (AvgIpc) is 2.29. The van der Waals surface area contributed by atoms with Crippen LogP contribution in [0.5, 0.6) is 0 Å². The first-order valence-electron chi connectivity index (χ1n) is 6.62. The molecule has 90 valence electrons. The highest BCUT2D eigenvalue weighted by molar-refractivity contribution is 4.77. The largest absolute Gasteiger partial charge is 0.378 e. The van der Waals surface area contributed by atoms with Crippen molar-refractivity contribution < 1.29 is 4.74 Å². The first kappa shape index (κ1) is 13.0. The van der Waals surface area contributed by atoms with Crippen LogP contribution in [0.2, 0.25) is 0 Å². The summed E-state index contributed by atoms with van der Waals surface area (Å²) in [6.45, 7) is 8.86. The fraction of sp³-hybridized carbons (Fsp3) is 1.00. The highest BCUT2D eigenvalue weighted by atomic mass is 16.5. The lowest BCUT2D eigenvalue weighted by Gasteiger charge is -2.30. The number of rotatable bonds is 6. The molecule has 0 spiro atoms. The average molecular weight is 213 g/mol. The van der Waals surface area contributed by atoms with Gasteiger partial charge in [0, 0.05) is 12.6 Å². The first-order valence-corrected chi connectivity index (χ1v) is 6.62. The Balaban J connectivity index is 2.34. The third-order valence-electron chi connectivity index (χ3n) is 3.59. The number of hydrogen-bond donors (Lipinski definition) is 1. The highest BCUT2D eigenvalue weighted by Crippen LogP contribution is 2.21. The van der Waals surface area contributed by atoms with Crippen LogP contribution in [-0.4, -0.2) is 25.3 Å². The summed E-state index contributed by atoms with van der Waals surface area (Å²) in [6.07, 6.45) is 6.83. The minimum atomic E-state index is 0.511. The Morgan fingerprint density at radius 2 is 2.13 bits per heavy atom. The monoisotopic (exact) mass is 213 g/mol. The normalized spacial score (nSPS) is 26.2. The second-order valence-electron chi connectivity index (χ2n) is 4.77. The first-order chi connectivity index (χ1) is 7.27. The van der Waals surface area contributed by atoms with Crippen LogP contribution in [0.1, 0.15) is 52.9 Å². The van der Waals surface area contributed by atoms with Crippen LogP contribution < -0.4 is 5.32 Å². The molecule has 1 N–H and O–H groups in total. The smallest absolute Gasteiger partial charge is 0.0590 e. The molecular weight excluding hydrogens is 186 g/mol. The van der Waals surface area contributed by atoms with Crippen molar-refractivity contribution in [2.24, 2.45) is 5.92 Å². The number of hydrogen-bond acceptors (Lipinski definition) is 2. The van der Waals surface area contributed by atoms with E-state index in [-0.39, 0.29) is 0 Å². The SMILES string of the molecule is CCNC(CC1CCCCO1)C(C)CC. The molecule has 0 saturated carbocycles. The predicted molar refractivity (Wildman–Crippen MR) is 65.1 cm³/mol. The topological polar surface area (TPSA) is 21.3 Å². The van der Waals surface area contributed by atoms with Crippen molar-refractivity contribution in [1.29, 1.82) is 0 Å². The molecule has 15 heavy (non-hydrogen) atoms. The van der Waals surface area contributed by atoms with Crippen molar-refractivity contribution in [2.75, 3.05) is 13.2 Å². The summed E-state index contributed by atoms with van der Waals surface area (Å²) in [5.41, 5.74) is 0. The van der Waals surface area contributed by atoms with E-state index in [0.717, 1.165) is 19.1 Å². The van der Waals surface area contributed by atoms with Gasteiger partial charge in [0.05, 0.1) is 6.10 Å². The Morgan fingerprint density at radius 1 is 1.33 bits per heavy atom. The van der Waals surface area contributed by atoms with Gasteiger partial charge in [0.1, 0.15) is 0 Å². The van der Waals surface area contributed by atoms with Crippen LogP contribution in [0, 0.1) is 5.92 Å². The maximum Gasteiger partial charge on any atom is 0.0590 e. The molecule has 0 amide bonds. The summed E-state index contributed by atoms with van der Waals surface area (Å²) in [5.74, 6) is 0.760. The molecule has 0 radical (unpaired) electrons. The fourth-order valence-corrected chi connectivity index (χ4v) is 2.34. The summed E-state index contributed by atoms with van der Waals surface area (Å²) in [6, 6.07) is 0.642. The Morgan fingerprint density at radius 3 is 2.67 bits per heavy atom. The van der Waals surface area contributed by atoms with Crippen LogP contribution in [0.3, 0.4) is 0 Å². The molecule has 1 fully saturated rings. The second-order valence-corrected chi connectivity index (χ2v) is 4.77. The molecule has 0 aromatic rings. The van der Waals surface area contributed by atoms with E-state index in [2.05, 4.69) is 26.1 Å². The van der Waals surface area contributed by atoms with Crippen LogP contribution in [0.25, 0.3) is 0 Å². The van der Waals surface area contributed by atoms with E-state index in [9.17, 15) is 0 Å². The summed E-state index contributed by atoms with van der Waals surface area (Å²) in [4.78, 5) is 0. The predicted octanol–water partition coefficient (Wildman–Crippen LogP) is 2.97. The van der Waals surface area contributed by atoms with E-state index in [0.29, 0.717) is 12.1 Å². The number of nitrogens with one attached hydrogen (secondary N) is 1. The van der Waals surface area contributed by atoms with E-state index in [1.807, 2.05) is 0 Å². The zero-order valence-corrected chi connectivity index (χ0v) is 10.6. The van der Waals surface area contributed by atoms with Crippen molar-refractivity contribution in [1.82, 2.24) is 5.32 Å². The Labute approximate surface area is 94.8 Å². The van der Waals surface area contributed by atoms with Crippen LogP contribution in [-0.2, 0) is 4.74 Å². The molecular formula is C13H27NO. The third kappa shape index (κ3) is 4.52. The van der Waals surface area contributed by atoms with Gasteiger partial charge in [0.15, 0.2) is 0 Å². The molecule has 0 aliphatic carbocycles. The van der Waals surface area contributed by atoms with Gasteiger partial charge in [-0.05, 0) is 38.1 Å². The molecule has 3 atom stereocenters. The van der Waals surface area contributed by atoms with Gasteiger partial charge in [0.2, 0.25) is 0 Å². The van der Waals surface area contributed by atoms with Crippen molar-refractivity contribution >= 4 is 0 Å². The summed E-state index contributed by atoms with van der Waals surface area (Å²) >= 11 is 0. The van der Waals surface area contributed by atoms with E-state index in [1.165, 1.54) is 32.1 Å². The molecule has 0 aromatic heterocycles. The molecule has 1 aliphatic heterocycles. The molecule has 1 aliphatic rings. The lowest BCUT2D eigenvalue weighted by molar-refractivity contribution is 0.00166. The van der Waals surface area contributed by atoms with Gasteiger partial charge < -0.3 is 10.1 Å². The van der Waals surface area contributed by atoms with Gasteiger partial charge in [0.25, 0.3) is 0 Å². The van der Waals surface area contributed by atoms with Crippen molar-refractivity contribution in [2.45, 2.75) is 65.0 Å². The standard InChI is InChI=1S/C13H27NO/c1-4-11(3)13(14-5-2)10-12-8-6-7-9-15-12/h11-14H,4-10H2,1-3H3. The van der Waals surface area contributed by atoms with Gasteiger partial charge in [-0.2, -0.15) is 0 Å². The quantitative estimate of drug-likeness (QED) is 0.732. The van der Waals surface area contributed by atoms with E-state index in [1.54, 1.807) is 0 Å². The van der Waals surface area contributed by atoms with E-state index >= 15 is 0 Å². The Hall–Kier alpha value is -0.0800. The molecule has 1 saturated heterocycles. The second kappa shape index (κ2) is 7.24. The summed E-state index contributed by atoms with van der Waals surface area (Å²) in [5, 5.41) is 3.60. The zero-order chi connectivity index (χ0) is 11.1. The van der Waals surface area contributed by atoms with Crippen LogP contribution in [0.4, 0.5) is 0 Å². The van der Waals surface area contributed by atoms with Gasteiger partial charge in [-0.1, -0.05) is 27.2 Å². The molecule has 1 rings (SSSR count). The van der Waals surface area contributed by atoms with Crippen LogP contribution in [0.15, 0.2) is 0 Å². The van der Waals surface area contributed by atoms with Crippen LogP contribution >= 0.6 is 0 Å². The summed E-state index contributed by atoms with van der Waals surface area (Å²) < 4.78 is 5.81. The Bertz CT molecular complexity index is 155. The summed E-state index contributed by atoms with van der Waals surface area (Å²) in [7, 11) is 0. The molecule has 2 nitrogen and oxygen atoms in total. The molecule has 0 bridgehead atoms. The number of ether oxygens (including phenoxy) is 1. The lowest BCUT2D eigenvalue weighted by atomic mass is 9.91. The maximum atomic E-state index is 5.81.